The summed E-state index contributed by atoms with van der Waals surface area (Å²) < 4.78 is 119. The van der Waals surface area contributed by atoms with Crippen LogP contribution < -0.4 is 0 Å². The van der Waals surface area contributed by atoms with Crippen LogP contribution in [0.5, 0.6) is 0 Å². The molecule has 0 aromatic rings. The molecule has 0 bridgehead atoms. The smallest absolute Gasteiger partial charge is 0.306 e. The van der Waals surface area contributed by atoms with E-state index in [9.17, 15) is 52.7 Å². The fraction of sp³-hybridized carbons (Fsp3) is 0.841. The number of rotatable bonds is 42. The molecule has 30 heteroatoms. The van der Waals surface area contributed by atoms with Crippen molar-refractivity contribution < 1.29 is 143 Å². The van der Waals surface area contributed by atoms with Crippen molar-refractivity contribution in [1.29, 1.82) is 0 Å². The minimum absolute atomic E-state index is 0.0500. The molecule has 0 N–H and O–H groups in total. The molecule has 99 heavy (non-hydrogen) atoms. The summed E-state index contributed by atoms with van der Waals surface area (Å²) in [7, 11) is 0. The lowest BCUT2D eigenvalue weighted by molar-refractivity contribution is -0.399. The molecule has 4 aliphatic heterocycles. The van der Waals surface area contributed by atoms with Crippen LogP contribution in [0, 0.1) is 0 Å². The molecule has 4 rings (SSSR count). The first kappa shape index (κ1) is 85.4. The summed E-state index contributed by atoms with van der Waals surface area (Å²) >= 11 is 0. The molecule has 0 aromatic heterocycles. The van der Waals surface area contributed by atoms with Gasteiger partial charge in [0.05, 0.1) is 24.9 Å². The molecule has 0 amide bonds. The third kappa shape index (κ3) is 29.5. The number of carbonyl (C=O) groups excluding carboxylic acids is 11. The Hall–Kier alpha value is -5.99. The van der Waals surface area contributed by atoms with Gasteiger partial charge in [-0.1, -0.05) is 97.8 Å². The van der Waals surface area contributed by atoms with Gasteiger partial charge in [0.25, 0.3) is 0 Å². The first-order valence-corrected chi connectivity index (χ1v) is 35.0. The molecule has 4 heterocycles. The maximum Gasteiger partial charge on any atom is 0.306 e. The van der Waals surface area contributed by atoms with E-state index in [2.05, 4.69) is 6.92 Å². The second-order valence-electron chi connectivity index (χ2n) is 25.5. The monoisotopic (exact) mass is 1420 g/mol. The molecule has 0 radical (unpaired) electrons. The Morgan fingerprint density at radius 3 is 1.18 bits per heavy atom. The number of esters is 10. The third-order valence-corrected chi connectivity index (χ3v) is 16.6. The quantitative estimate of drug-likeness (QED) is 0.0325. The van der Waals surface area contributed by atoms with Crippen molar-refractivity contribution in [3.8, 4) is 0 Å². The zero-order valence-electron chi connectivity index (χ0n) is 60.4. The average Bonchev–Trinajstić information content (AvgIpc) is 0.758. The van der Waals surface area contributed by atoms with Crippen molar-refractivity contribution in [3.05, 3.63) is 0 Å². The molecule has 30 nitrogen and oxygen atoms in total. The molecule has 566 valence electrons. The number of hydrogen-bond acceptors (Lipinski definition) is 30. The van der Waals surface area contributed by atoms with Crippen LogP contribution >= 0.6 is 0 Å². The fourth-order valence-electron chi connectivity index (χ4n) is 12.3. The van der Waals surface area contributed by atoms with Gasteiger partial charge in [0.1, 0.15) is 30.7 Å². The minimum atomic E-state index is -2.05. The van der Waals surface area contributed by atoms with Crippen molar-refractivity contribution in [1.82, 2.24) is 0 Å². The van der Waals surface area contributed by atoms with Crippen molar-refractivity contribution in [3.63, 3.8) is 0 Å². The zero-order valence-corrected chi connectivity index (χ0v) is 60.4. The topological polar surface area (TPSA) is 363 Å². The van der Waals surface area contributed by atoms with Crippen LogP contribution in [0.2, 0.25) is 0 Å². The summed E-state index contributed by atoms with van der Waals surface area (Å²) in [5, 5.41) is 0. The normalized spacial score (nSPS) is 30.1. The molecule has 4 aliphatic rings. The molecule has 4 saturated heterocycles. The molecule has 0 saturated carbocycles. The Kier molecular flexibility index (Phi) is 38.3. The van der Waals surface area contributed by atoms with Crippen molar-refractivity contribution in [2.45, 2.75) is 355 Å². The summed E-state index contributed by atoms with van der Waals surface area (Å²) in [6.45, 7) is 18.8. The van der Waals surface area contributed by atoms with E-state index in [1.54, 1.807) is 13.8 Å². The van der Waals surface area contributed by atoms with E-state index in [1.807, 2.05) is 6.92 Å². The van der Waals surface area contributed by atoms with Crippen LogP contribution in [0.4, 0.5) is 0 Å². The first-order chi connectivity index (χ1) is 47.0. The second-order valence-corrected chi connectivity index (χ2v) is 25.5. The van der Waals surface area contributed by atoms with Gasteiger partial charge >= 0.3 is 59.7 Å². The lowest BCUT2D eigenvalue weighted by atomic mass is 9.95. The van der Waals surface area contributed by atoms with Gasteiger partial charge in [0, 0.05) is 81.8 Å². The van der Waals surface area contributed by atoms with E-state index in [4.69, 9.17) is 90.0 Å². The molecule has 0 aliphatic carbocycles. The molecule has 4 fully saturated rings. The summed E-state index contributed by atoms with van der Waals surface area (Å²) in [4.78, 5) is 143. The lowest BCUT2D eigenvalue weighted by Crippen LogP contribution is -2.69. The highest BCUT2D eigenvalue weighted by atomic mass is 16.8. The van der Waals surface area contributed by atoms with E-state index >= 15 is 0 Å². The van der Waals surface area contributed by atoms with Gasteiger partial charge in [-0.15, -0.1) is 0 Å². The highest BCUT2D eigenvalue weighted by Gasteiger charge is 2.60. The Labute approximate surface area is 580 Å². The molecule has 1 unspecified atom stereocenters. The van der Waals surface area contributed by atoms with E-state index < -0.39 is 202 Å². The van der Waals surface area contributed by atoms with Gasteiger partial charge in [0.15, 0.2) is 92.3 Å². The average molecular weight is 1420 g/mol. The molecule has 21 atom stereocenters. The summed E-state index contributed by atoms with van der Waals surface area (Å²) in [6, 6.07) is 0. The van der Waals surface area contributed by atoms with Gasteiger partial charge in [-0.05, 0) is 52.9 Å². The van der Waals surface area contributed by atoms with Crippen LogP contribution in [0.15, 0.2) is 0 Å². The summed E-state index contributed by atoms with van der Waals surface area (Å²) in [6.07, 6.45) is -20.0. The predicted molar refractivity (Wildman–Crippen MR) is 343 cm³/mol. The minimum Gasteiger partial charge on any atom is -0.463 e. The lowest BCUT2D eigenvalue weighted by Gasteiger charge is -2.51. The Morgan fingerprint density at radius 2 is 0.707 bits per heavy atom. The van der Waals surface area contributed by atoms with Gasteiger partial charge in [0.2, 0.25) is 0 Å². The molecule has 0 spiro atoms. The number of Topliss-reactive ketones (excluding diaryl/α,β-unsaturated/α-hetero) is 1. The van der Waals surface area contributed by atoms with Crippen molar-refractivity contribution in [2.75, 3.05) is 19.8 Å². The zero-order chi connectivity index (χ0) is 73.5. The van der Waals surface area contributed by atoms with E-state index in [-0.39, 0.29) is 25.2 Å². The van der Waals surface area contributed by atoms with Crippen LogP contribution in [-0.4, -0.2) is 214 Å². The van der Waals surface area contributed by atoms with Gasteiger partial charge in [-0.25, -0.2) is 0 Å². The number of ketones is 1. The van der Waals surface area contributed by atoms with Gasteiger partial charge in [-0.3, -0.25) is 47.9 Å². The molecular formula is C69H110O30. The van der Waals surface area contributed by atoms with E-state index in [0.717, 1.165) is 127 Å². The number of carbonyl (C=O) groups is 11. The standard InChI is InChI=1S/C69H110O30/c1-16-19-21-22-23-26-29-33-50(34-30-27-24-25-28-32-38(4)70)94-68-65(61(91-47(13)77)57(88-44(10)74)52(96-68)36-82-41(7)71)99-69-64(98-67-63(93-49(15)79)59(90-46(12)76)55(40(6)85-67)87-43(9)73)60(97-53(80)31-18-3)56(81-35-20-17-2)51(95-69)37-83-66-62(92-48(14)78)58(89-45(11)75)54(39(5)84-66)86-42(8)72/h39-40,50-52,54-69H,16-37H2,1-15H3/t39-,40+,50?,51-,52-,54+,55+,56-,57-,58+,59-,60+,61+,62+,63+,64-,65-,66-,67+,68-,69+/m1/s1. The summed E-state index contributed by atoms with van der Waals surface area (Å²) in [5.74, 6) is -8.51. The number of hydrogen-bond donors (Lipinski definition) is 0. The van der Waals surface area contributed by atoms with E-state index in [0.29, 0.717) is 44.9 Å². The van der Waals surface area contributed by atoms with E-state index in [1.165, 1.54) is 13.8 Å². The molecular weight excluding hydrogens is 1310 g/mol. The van der Waals surface area contributed by atoms with Crippen LogP contribution in [-0.2, 0) is 143 Å². The van der Waals surface area contributed by atoms with Gasteiger partial charge < -0.3 is 94.8 Å². The van der Waals surface area contributed by atoms with Crippen molar-refractivity contribution >= 4 is 65.5 Å². The SMILES string of the molecule is CCCCCCCCCC(CCCCCCCC(C)=O)O[C@@H]1O[C@H](COC(C)=O)[C@@H](OC(C)=O)[C@H](OC(C)=O)[C@H]1O[C@@H]1O[C@H](CO[C@@H]2O[C@H](C)[C@H](OC(C)=O)[C@H](OC(C)=O)[C@@H]2OC(C)=O)[C@@H](OCCCC)[C@H](OC(=O)CCC)[C@H]1O[C@@H]1O[C@@H](C)[C@H](OC(C)=O)[C@@H](OC(C)=O)[C@@H]1OC(C)=O. The highest BCUT2D eigenvalue weighted by molar-refractivity contribution is 5.75. The number of ether oxygens (including phenoxy) is 19. The van der Waals surface area contributed by atoms with Crippen LogP contribution in [0.3, 0.4) is 0 Å². The maximum atomic E-state index is 14.4. The third-order valence-electron chi connectivity index (χ3n) is 16.6. The van der Waals surface area contributed by atoms with Crippen LogP contribution in [0.1, 0.15) is 226 Å². The second kappa shape index (κ2) is 44.4. The number of unbranched alkanes of at least 4 members (excludes halogenated alkanes) is 11. The largest absolute Gasteiger partial charge is 0.463 e. The maximum absolute atomic E-state index is 14.4. The Morgan fingerprint density at radius 1 is 0.323 bits per heavy atom. The predicted octanol–water partition coefficient (Wildman–Crippen LogP) is 7.47. The van der Waals surface area contributed by atoms with Crippen molar-refractivity contribution in [2.24, 2.45) is 0 Å². The van der Waals surface area contributed by atoms with Crippen LogP contribution in [0.25, 0.3) is 0 Å². The Bertz CT molecular complexity index is 2560. The molecule has 0 aromatic carbocycles. The Balaban J connectivity index is 2.11. The fourth-order valence-corrected chi connectivity index (χ4v) is 12.3. The first-order valence-electron chi connectivity index (χ1n) is 35.0. The van der Waals surface area contributed by atoms with Gasteiger partial charge in [-0.2, -0.15) is 0 Å². The summed E-state index contributed by atoms with van der Waals surface area (Å²) in [5.41, 5.74) is 0. The highest BCUT2D eigenvalue weighted by Crippen LogP contribution is 2.40.